The summed E-state index contributed by atoms with van der Waals surface area (Å²) in [6, 6.07) is 10.2. The van der Waals surface area contributed by atoms with Crippen molar-refractivity contribution in [1.82, 2.24) is 20.2 Å². The van der Waals surface area contributed by atoms with Crippen LogP contribution in [0.3, 0.4) is 0 Å². The summed E-state index contributed by atoms with van der Waals surface area (Å²) in [7, 11) is -1.99. The Kier molecular flexibility index (Phi) is 10.3. The van der Waals surface area contributed by atoms with Crippen molar-refractivity contribution in [3.63, 3.8) is 0 Å². The van der Waals surface area contributed by atoms with Crippen LogP contribution in [0.25, 0.3) is 0 Å². The van der Waals surface area contributed by atoms with Gasteiger partial charge in [0.05, 0.1) is 47.0 Å². The molecule has 3 aromatic rings. The molecule has 0 saturated carbocycles. The maximum Gasteiger partial charge on any atom is 0.251 e. The van der Waals surface area contributed by atoms with Crippen LogP contribution in [0.5, 0.6) is 5.75 Å². The van der Waals surface area contributed by atoms with Gasteiger partial charge in [-0.15, -0.1) is 0 Å². The van der Waals surface area contributed by atoms with E-state index in [1.165, 1.54) is 6.20 Å². The van der Waals surface area contributed by atoms with Crippen molar-refractivity contribution in [3.05, 3.63) is 58.7 Å². The molecule has 0 bridgehead atoms. The maximum absolute atomic E-state index is 13.0. The highest BCUT2D eigenvalue weighted by molar-refractivity contribution is 7.92. The molecular formula is C29H37ClN6O5S. The monoisotopic (exact) mass is 616 g/mol. The van der Waals surface area contributed by atoms with E-state index >= 15 is 0 Å². The Hall–Kier alpha value is -3.45. The number of nitrogens with zero attached hydrogens (tertiary/aromatic N) is 3. The smallest absolute Gasteiger partial charge is 0.251 e. The van der Waals surface area contributed by atoms with Gasteiger partial charge in [0, 0.05) is 32.2 Å². The molecule has 42 heavy (non-hydrogen) atoms. The summed E-state index contributed by atoms with van der Waals surface area (Å²) in [5.74, 6) is 0.674. The summed E-state index contributed by atoms with van der Waals surface area (Å²) in [6.07, 6.45) is 1.27. The van der Waals surface area contributed by atoms with Crippen molar-refractivity contribution in [2.45, 2.75) is 50.5 Å². The van der Waals surface area contributed by atoms with Crippen LogP contribution in [0.4, 0.5) is 23.1 Å². The fraction of sp³-hybridized carbons (Fsp3) is 0.414. The van der Waals surface area contributed by atoms with Gasteiger partial charge in [-0.05, 0) is 57.5 Å². The van der Waals surface area contributed by atoms with E-state index in [4.69, 9.17) is 21.1 Å². The molecule has 1 fully saturated rings. The van der Waals surface area contributed by atoms with E-state index in [-0.39, 0.29) is 33.7 Å². The van der Waals surface area contributed by atoms with Gasteiger partial charge >= 0.3 is 0 Å². The predicted molar refractivity (Wildman–Crippen MR) is 164 cm³/mol. The molecule has 2 heterocycles. The van der Waals surface area contributed by atoms with Gasteiger partial charge in [0.15, 0.2) is 15.7 Å². The first-order valence-corrected chi connectivity index (χ1v) is 15.7. The third-order valence-electron chi connectivity index (χ3n) is 6.60. The molecule has 11 nitrogen and oxygen atoms in total. The Bertz CT molecular complexity index is 1530. The number of hydrogen-bond acceptors (Lipinski definition) is 10. The maximum atomic E-state index is 13.0. The van der Waals surface area contributed by atoms with Gasteiger partial charge in [-0.3, -0.25) is 9.69 Å². The zero-order valence-corrected chi connectivity index (χ0v) is 26.0. The molecule has 0 aliphatic carbocycles. The molecule has 0 unspecified atom stereocenters. The summed E-state index contributed by atoms with van der Waals surface area (Å²) in [5.41, 5.74) is 2.14. The average molecular weight is 617 g/mol. The van der Waals surface area contributed by atoms with Gasteiger partial charge in [-0.1, -0.05) is 23.7 Å². The van der Waals surface area contributed by atoms with E-state index in [1.807, 2.05) is 19.9 Å². The van der Waals surface area contributed by atoms with E-state index in [9.17, 15) is 13.2 Å². The fourth-order valence-electron chi connectivity index (χ4n) is 4.38. The van der Waals surface area contributed by atoms with Crippen molar-refractivity contribution in [3.8, 4) is 5.75 Å². The number of sulfone groups is 1. The lowest BCUT2D eigenvalue weighted by atomic mass is 10.0. The number of aromatic nitrogens is 2. The van der Waals surface area contributed by atoms with Crippen LogP contribution in [0.1, 0.15) is 43.6 Å². The minimum Gasteiger partial charge on any atom is -0.489 e. The van der Waals surface area contributed by atoms with Crippen LogP contribution >= 0.6 is 11.6 Å². The normalized spacial score (nSPS) is 14.2. The molecule has 1 saturated heterocycles. The van der Waals surface area contributed by atoms with Crippen molar-refractivity contribution in [1.29, 1.82) is 0 Å². The minimum atomic E-state index is -3.58. The Morgan fingerprint density at radius 2 is 1.81 bits per heavy atom. The van der Waals surface area contributed by atoms with E-state index in [0.29, 0.717) is 42.4 Å². The van der Waals surface area contributed by atoms with Crippen LogP contribution < -0.4 is 20.7 Å². The lowest BCUT2D eigenvalue weighted by Crippen LogP contribution is -2.36. The zero-order valence-electron chi connectivity index (χ0n) is 24.4. The first-order chi connectivity index (χ1) is 20.0. The second-order valence-electron chi connectivity index (χ2n) is 10.4. The Morgan fingerprint density at radius 3 is 2.48 bits per heavy atom. The van der Waals surface area contributed by atoms with Crippen molar-refractivity contribution >= 4 is 50.5 Å². The van der Waals surface area contributed by atoms with Gasteiger partial charge < -0.3 is 25.4 Å². The van der Waals surface area contributed by atoms with Gasteiger partial charge in [0.25, 0.3) is 5.91 Å². The molecule has 2 aromatic carbocycles. The number of para-hydroxylation sites is 1. The summed E-state index contributed by atoms with van der Waals surface area (Å²) >= 11 is 6.42. The number of rotatable bonds is 11. The van der Waals surface area contributed by atoms with Crippen molar-refractivity contribution in [2.24, 2.45) is 0 Å². The van der Waals surface area contributed by atoms with E-state index in [2.05, 4.69) is 30.8 Å². The Balaban J connectivity index is 1.70. The number of carbonyl (C=O) groups is 1. The topological polar surface area (TPSA) is 135 Å². The molecule has 1 aromatic heterocycles. The molecule has 226 valence electrons. The Labute approximate surface area is 251 Å². The number of morpholine rings is 1. The first kappa shape index (κ1) is 31.5. The van der Waals surface area contributed by atoms with E-state index < -0.39 is 15.1 Å². The number of benzene rings is 2. The van der Waals surface area contributed by atoms with Crippen LogP contribution in [0.2, 0.25) is 5.02 Å². The van der Waals surface area contributed by atoms with Gasteiger partial charge in [0.1, 0.15) is 10.8 Å². The molecule has 0 atom stereocenters. The number of amides is 1. The molecule has 0 radical (unpaired) electrons. The first-order valence-electron chi connectivity index (χ1n) is 13.7. The number of carbonyl (C=O) groups excluding carboxylic acids is 1. The summed E-state index contributed by atoms with van der Waals surface area (Å²) in [6.45, 7) is 10.5. The Morgan fingerprint density at radius 1 is 1.10 bits per heavy atom. The standard InChI is InChI=1S/C29H37ClN6O5S/c1-18(2)41-25-14-20(17-36-10-12-40-13-11-36)21(28(37)31-5)15-24(25)34-29-32-16-22(30)27(35-29)33-23-8-6-7-9-26(23)42(38,39)19(3)4/h6-9,14-16,18-19H,10-13,17H2,1-5H3,(H,31,37)(H2,32,33,34,35). The van der Waals surface area contributed by atoms with Gasteiger partial charge in [-0.25, -0.2) is 13.4 Å². The average Bonchev–Trinajstić information content (AvgIpc) is 2.96. The lowest BCUT2D eigenvalue weighted by Gasteiger charge is -2.28. The van der Waals surface area contributed by atoms with Crippen molar-refractivity contribution < 1.29 is 22.7 Å². The van der Waals surface area contributed by atoms with E-state index in [1.54, 1.807) is 51.2 Å². The number of nitrogens with one attached hydrogen (secondary N) is 3. The second-order valence-corrected chi connectivity index (χ2v) is 13.2. The largest absolute Gasteiger partial charge is 0.489 e. The molecule has 1 amide bonds. The van der Waals surface area contributed by atoms with Crippen LogP contribution in [-0.2, 0) is 21.1 Å². The molecule has 3 N–H and O–H groups in total. The quantitative estimate of drug-likeness (QED) is 0.276. The second kappa shape index (κ2) is 13.7. The lowest BCUT2D eigenvalue weighted by molar-refractivity contribution is 0.0340. The summed E-state index contributed by atoms with van der Waals surface area (Å²) in [5, 5.41) is 8.53. The van der Waals surface area contributed by atoms with Crippen LogP contribution in [0, 0.1) is 0 Å². The number of anilines is 4. The summed E-state index contributed by atoms with van der Waals surface area (Å²) < 4.78 is 37.5. The minimum absolute atomic E-state index is 0.142. The molecule has 1 aliphatic heterocycles. The highest BCUT2D eigenvalue weighted by atomic mass is 35.5. The predicted octanol–water partition coefficient (Wildman–Crippen LogP) is 4.78. The summed E-state index contributed by atoms with van der Waals surface area (Å²) in [4.78, 5) is 24.2. The highest BCUT2D eigenvalue weighted by Gasteiger charge is 2.24. The molecule has 13 heteroatoms. The molecule has 4 rings (SSSR count). The zero-order chi connectivity index (χ0) is 30.4. The van der Waals surface area contributed by atoms with Crippen LogP contribution in [0.15, 0.2) is 47.5 Å². The molecule has 1 aliphatic rings. The SMILES string of the molecule is CNC(=O)c1cc(Nc2ncc(Cl)c(Nc3ccccc3S(=O)(=O)C(C)C)n2)c(OC(C)C)cc1CN1CCOCC1. The molecular weight excluding hydrogens is 580 g/mol. The van der Waals surface area contributed by atoms with E-state index in [0.717, 1.165) is 18.7 Å². The molecule has 0 spiro atoms. The van der Waals surface area contributed by atoms with Gasteiger partial charge in [0.2, 0.25) is 5.95 Å². The third-order valence-corrected chi connectivity index (χ3v) is 9.08. The highest BCUT2D eigenvalue weighted by Crippen LogP contribution is 2.34. The third kappa shape index (κ3) is 7.49. The number of hydrogen-bond donors (Lipinski definition) is 3. The number of ether oxygens (including phenoxy) is 2. The fourth-order valence-corrected chi connectivity index (χ4v) is 5.72. The van der Waals surface area contributed by atoms with Crippen molar-refractivity contribution in [2.75, 3.05) is 44.0 Å². The van der Waals surface area contributed by atoms with Gasteiger partial charge in [-0.2, -0.15) is 4.98 Å². The van der Waals surface area contributed by atoms with Crippen LogP contribution in [-0.4, -0.2) is 73.9 Å². The number of halogens is 1.